The summed E-state index contributed by atoms with van der Waals surface area (Å²) < 4.78 is 2.41. The molecule has 0 saturated heterocycles. The van der Waals surface area contributed by atoms with E-state index in [4.69, 9.17) is 0 Å². The van der Waals surface area contributed by atoms with Crippen molar-refractivity contribution in [2.24, 2.45) is 0 Å². The molecule has 4 rings (SSSR count). The van der Waals surface area contributed by atoms with Crippen LogP contribution in [-0.4, -0.2) is 4.57 Å². The second-order valence-electron chi connectivity index (χ2n) is 6.48. The molecule has 0 amide bonds. The Kier molecular flexibility index (Phi) is 3.99. The third-order valence-electron chi connectivity index (χ3n) is 4.76. The summed E-state index contributed by atoms with van der Waals surface area (Å²) >= 11 is 0. The van der Waals surface area contributed by atoms with Gasteiger partial charge in [0.1, 0.15) is 0 Å². The Bertz CT molecular complexity index is 1010. The molecule has 0 radical (unpaired) electrons. The van der Waals surface area contributed by atoms with Gasteiger partial charge in [0.15, 0.2) is 0 Å². The van der Waals surface area contributed by atoms with E-state index < -0.39 is 0 Å². The number of rotatable bonds is 5. The largest absolute Gasteiger partial charge is 0.336 e. The topological polar surface area (TPSA) is 4.93 Å². The van der Waals surface area contributed by atoms with Gasteiger partial charge in [-0.05, 0) is 29.7 Å². The van der Waals surface area contributed by atoms with Gasteiger partial charge in [-0.2, -0.15) is 0 Å². The zero-order valence-electron chi connectivity index (χ0n) is 14.3. The van der Waals surface area contributed by atoms with Gasteiger partial charge >= 0.3 is 0 Å². The first-order valence-electron chi connectivity index (χ1n) is 8.60. The zero-order chi connectivity index (χ0) is 17.2. The van der Waals surface area contributed by atoms with Crippen LogP contribution in [0.2, 0.25) is 0 Å². The highest BCUT2D eigenvalue weighted by atomic mass is 15.0. The zero-order valence-corrected chi connectivity index (χ0v) is 14.3. The highest BCUT2D eigenvalue weighted by Gasteiger charge is 2.09. The maximum absolute atomic E-state index is 4.00. The van der Waals surface area contributed by atoms with Crippen molar-refractivity contribution >= 4 is 21.8 Å². The Hall–Kier alpha value is -3.06. The molecule has 25 heavy (non-hydrogen) atoms. The molecule has 1 heteroatoms. The molecular weight excluding hydrogens is 302 g/mol. The summed E-state index contributed by atoms with van der Waals surface area (Å²) in [4.78, 5) is 0. The van der Waals surface area contributed by atoms with Gasteiger partial charge in [0.05, 0.1) is 0 Å². The molecule has 0 unspecified atom stereocenters. The summed E-state index contributed by atoms with van der Waals surface area (Å²) in [5.74, 6) is 0. The van der Waals surface area contributed by atoms with Crippen LogP contribution in [0.4, 0.5) is 0 Å². The molecule has 0 aliphatic heterocycles. The van der Waals surface area contributed by atoms with Crippen LogP contribution >= 0.6 is 0 Å². The fourth-order valence-corrected chi connectivity index (χ4v) is 3.45. The van der Waals surface area contributed by atoms with E-state index in [1.807, 2.05) is 6.08 Å². The number of allylic oxidation sites excluding steroid dienone is 2. The second kappa shape index (κ2) is 6.45. The number of benzene rings is 3. The maximum atomic E-state index is 4.00. The molecule has 0 fully saturated rings. The van der Waals surface area contributed by atoms with Crippen LogP contribution in [0.3, 0.4) is 0 Å². The molecule has 1 aromatic heterocycles. The Morgan fingerprint density at radius 1 is 0.760 bits per heavy atom. The monoisotopic (exact) mass is 323 g/mol. The van der Waals surface area contributed by atoms with E-state index in [1.165, 1.54) is 32.9 Å². The van der Waals surface area contributed by atoms with Crippen molar-refractivity contribution < 1.29 is 0 Å². The van der Waals surface area contributed by atoms with Gasteiger partial charge in [0, 0.05) is 28.4 Å². The minimum Gasteiger partial charge on any atom is -0.336 e. The van der Waals surface area contributed by atoms with E-state index >= 15 is 0 Å². The molecular formula is C24H21N. The first-order valence-corrected chi connectivity index (χ1v) is 8.60. The Morgan fingerprint density at radius 2 is 1.28 bits per heavy atom. The Morgan fingerprint density at radius 3 is 1.84 bits per heavy atom. The van der Waals surface area contributed by atoms with Crippen LogP contribution < -0.4 is 0 Å². The summed E-state index contributed by atoms with van der Waals surface area (Å²) in [6, 6.07) is 26.1. The van der Waals surface area contributed by atoms with E-state index in [2.05, 4.69) is 90.5 Å². The molecule has 122 valence electrons. The smallest absolute Gasteiger partial charge is 0.0494 e. The lowest BCUT2D eigenvalue weighted by Gasteiger charge is -2.09. The maximum Gasteiger partial charge on any atom is 0.0494 e. The first-order chi connectivity index (χ1) is 12.3. The van der Waals surface area contributed by atoms with E-state index in [9.17, 15) is 0 Å². The second-order valence-corrected chi connectivity index (χ2v) is 6.48. The first kappa shape index (κ1) is 15.5. The number of aromatic nitrogens is 1. The van der Waals surface area contributed by atoms with Crippen LogP contribution in [0.5, 0.6) is 0 Å². The van der Waals surface area contributed by atoms with Gasteiger partial charge in [0.2, 0.25) is 0 Å². The molecule has 0 N–H and O–H groups in total. The van der Waals surface area contributed by atoms with Gasteiger partial charge in [-0.25, -0.2) is 0 Å². The van der Waals surface area contributed by atoms with Crippen LogP contribution in [0.15, 0.2) is 97.6 Å². The van der Waals surface area contributed by atoms with Crippen molar-refractivity contribution in [2.75, 3.05) is 0 Å². The lowest BCUT2D eigenvalue weighted by atomic mass is 10.0. The summed E-state index contributed by atoms with van der Waals surface area (Å²) in [5.41, 5.74) is 6.20. The molecule has 3 aromatic carbocycles. The quantitative estimate of drug-likeness (QED) is 0.389. The highest BCUT2D eigenvalue weighted by Crippen LogP contribution is 2.29. The lowest BCUT2D eigenvalue weighted by molar-refractivity contribution is 0.868. The van der Waals surface area contributed by atoms with Crippen molar-refractivity contribution in [3.63, 3.8) is 0 Å². The standard InChI is InChI=1S/C24H21N/c1-3-18(2)16-19-12-14-20(15-13-19)17-25-23-10-6-4-8-21(23)22-9-5-7-11-24(22)25/h3-15H,1-2,16-17H2. The van der Waals surface area contributed by atoms with E-state index in [0.29, 0.717) is 0 Å². The summed E-state index contributed by atoms with van der Waals surface area (Å²) in [5, 5.41) is 2.63. The normalized spacial score (nSPS) is 11.0. The number of fused-ring (bicyclic) bond motifs is 3. The molecule has 0 saturated carbocycles. The molecule has 0 aliphatic carbocycles. The third kappa shape index (κ3) is 2.89. The minimum atomic E-state index is 0.860. The van der Waals surface area contributed by atoms with Crippen molar-refractivity contribution in [1.29, 1.82) is 0 Å². The molecule has 0 aliphatic rings. The van der Waals surface area contributed by atoms with Crippen LogP contribution in [-0.2, 0) is 13.0 Å². The predicted molar refractivity (Wildman–Crippen MR) is 108 cm³/mol. The van der Waals surface area contributed by atoms with Crippen molar-refractivity contribution in [3.05, 3.63) is 109 Å². The molecule has 1 nitrogen and oxygen atoms in total. The highest BCUT2D eigenvalue weighted by molar-refractivity contribution is 6.08. The van der Waals surface area contributed by atoms with E-state index in [1.54, 1.807) is 0 Å². The minimum absolute atomic E-state index is 0.860. The molecule has 4 aromatic rings. The average Bonchev–Trinajstić information content (AvgIpc) is 2.97. The summed E-state index contributed by atoms with van der Waals surface area (Å²) in [6.07, 6.45) is 2.69. The fourth-order valence-electron chi connectivity index (χ4n) is 3.45. The van der Waals surface area contributed by atoms with Crippen molar-refractivity contribution in [3.8, 4) is 0 Å². The molecule has 0 bridgehead atoms. The third-order valence-corrected chi connectivity index (χ3v) is 4.76. The van der Waals surface area contributed by atoms with Gasteiger partial charge < -0.3 is 4.57 Å². The van der Waals surface area contributed by atoms with Crippen LogP contribution in [0.25, 0.3) is 21.8 Å². The predicted octanol–water partition coefficient (Wildman–Crippen LogP) is 6.13. The van der Waals surface area contributed by atoms with Gasteiger partial charge in [-0.15, -0.1) is 0 Å². The lowest BCUT2D eigenvalue weighted by Crippen LogP contribution is -1.99. The van der Waals surface area contributed by atoms with Crippen LogP contribution in [0.1, 0.15) is 11.1 Å². The number of para-hydroxylation sites is 2. The summed E-state index contributed by atoms with van der Waals surface area (Å²) in [6.45, 7) is 8.65. The number of hydrogen-bond donors (Lipinski definition) is 0. The van der Waals surface area contributed by atoms with E-state index in [0.717, 1.165) is 18.5 Å². The average molecular weight is 323 g/mol. The Balaban J connectivity index is 1.72. The van der Waals surface area contributed by atoms with Crippen molar-refractivity contribution in [2.45, 2.75) is 13.0 Å². The van der Waals surface area contributed by atoms with Crippen LogP contribution in [0, 0.1) is 0 Å². The molecule has 1 heterocycles. The SMILES string of the molecule is C=CC(=C)Cc1ccc(Cn2c3ccccc3c3ccccc32)cc1. The van der Waals surface area contributed by atoms with Gasteiger partial charge in [0.25, 0.3) is 0 Å². The van der Waals surface area contributed by atoms with E-state index in [-0.39, 0.29) is 0 Å². The summed E-state index contributed by atoms with van der Waals surface area (Å²) in [7, 11) is 0. The number of nitrogens with zero attached hydrogens (tertiary/aromatic N) is 1. The fraction of sp³-hybridized carbons (Fsp3) is 0.0833. The molecule has 0 atom stereocenters. The number of hydrogen-bond acceptors (Lipinski definition) is 0. The van der Waals surface area contributed by atoms with Gasteiger partial charge in [-0.1, -0.05) is 85.5 Å². The van der Waals surface area contributed by atoms with Crippen molar-refractivity contribution in [1.82, 2.24) is 4.57 Å². The molecule has 0 spiro atoms. The Labute approximate surface area is 148 Å². The van der Waals surface area contributed by atoms with Gasteiger partial charge in [-0.3, -0.25) is 0 Å².